The molecule has 0 saturated carbocycles. The number of rotatable bonds is 3. The number of fused-ring (bicyclic) bond motifs is 1. The highest BCUT2D eigenvalue weighted by Crippen LogP contribution is 2.33. The number of hydrogen-bond acceptors (Lipinski definition) is 4. The van der Waals surface area contributed by atoms with E-state index in [0.29, 0.717) is 27.8 Å². The molecule has 140 valence electrons. The van der Waals surface area contributed by atoms with E-state index in [9.17, 15) is 14.4 Å². The van der Waals surface area contributed by atoms with Gasteiger partial charge in [0.1, 0.15) is 5.75 Å². The molecule has 7 nitrogen and oxygen atoms in total. The van der Waals surface area contributed by atoms with Crippen LogP contribution in [0.2, 0.25) is 5.02 Å². The second-order valence-electron chi connectivity index (χ2n) is 6.07. The first-order valence-corrected chi connectivity index (χ1v) is 8.64. The van der Waals surface area contributed by atoms with Crippen molar-refractivity contribution in [1.29, 1.82) is 0 Å². The molecule has 0 fully saturated rings. The predicted molar refractivity (Wildman–Crippen MR) is 103 cm³/mol. The van der Waals surface area contributed by atoms with Crippen molar-refractivity contribution in [3.63, 3.8) is 0 Å². The Labute approximate surface area is 161 Å². The number of ether oxygens (including phenoxy) is 1. The summed E-state index contributed by atoms with van der Waals surface area (Å²) in [4.78, 5) is 37.2. The van der Waals surface area contributed by atoms with Gasteiger partial charge in [-0.15, -0.1) is 0 Å². The predicted octanol–water partition coefficient (Wildman–Crippen LogP) is 3.05. The van der Waals surface area contributed by atoms with Gasteiger partial charge in [-0.2, -0.15) is 0 Å². The Hall–Kier alpha value is -3.06. The third-order valence-electron chi connectivity index (χ3n) is 3.99. The van der Waals surface area contributed by atoms with Crippen molar-refractivity contribution in [2.45, 2.75) is 20.0 Å². The van der Waals surface area contributed by atoms with Crippen LogP contribution in [-0.4, -0.2) is 30.4 Å². The number of carbonyl (C=O) groups is 3. The van der Waals surface area contributed by atoms with Crippen molar-refractivity contribution in [2.75, 3.05) is 22.1 Å². The Morgan fingerprint density at radius 3 is 2.52 bits per heavy atom. The molecule has 8 heteroatoms. The highest BCUT2D eigenvalue weighted by molar-refractivity contribution is 6.34. The molecule has 1 atom stereocenters. The zero-order chi connectivity index (χ0) is 19.6. The van der Waals surface area contributed by atoms with Crippen LogP contribution in [0.3, 0.4) is 0 Å². The first-order chi connectivity index (χ1) is 12.8. The zero-order valence-corrected chi connectivity index (χ0v) is 15.5. The maximum absolute atomic E-state index is 12.6. The lowest BCUT2D eigenvalue weighted by atomic mass is 10.1. The summed E-state index contributed by atoms with van der Waals surface area (Å²) in [5.41, 5.74) is 1.54. The molecule has 0 radical (unpaired) electrons. The third kappa shape index (κ3) is 4.20. The number of nitrogens with one attached hydrogen (secondary N) is 2. The topological polar surface area (TPSA) is 87.7 Å². The number of carbonyl (C=O) groups excluding carboxylic acids is 3. The maximum Gasteiger partial charge on any atom is 0.267 e. The van der Waals surface area contributed by atoms with Crippen molar-refractivity contribution < 1.29 is 19.1 Å². The minimum absolute atomic E-state index is 0.107. The second-order valence-corrected chi connectivity index (χ2v) is 6.48. The van der Waals surface area contributed by atoms with E-state index in [1.807, 2.05) is 0 Å². The molecule has 3 amide bonds. The van der Waals surface area contributed by atoms with E-state index in [4.69, 9.17) is 16.3 Å². The van der Waals surface area contributed by atoms with Crippen LogP contribution in [0, 0.1) is 0 Å². The molecule has 0 bridgehead atoms. The molecule has 2 aromatic rings. The Kier molecular flexibility index (Phi) is 5.32. The standard InChI is InChI=1S/C19H18ClN3O4/c1-11(24)21-15-8-7-13(9-14(15)20)22-19(26)18-10-23(12(2)25)16-5-3-4-6-17(16)27-18/h3-9,18H,10H2,1-2H3,(H,21,24)(H,22,26)/t18-/m0/s1. The summed E-state index contributed by atoms with van der Waals surface area (Å²) in [6.45, 7) is 2.93. The summed E-state index contributed by atoms with van der Waals surface area (Å²) in [7, 11) is 0. The van der Waals surface area contributed by atoms with Gasteiger partial charge in [0, 0.05) is 19.5 Å². The van der Waals surface area contributed by atoms with Crippen molar-refractivity contribution in [2.24, 2.45) is 0 Å². The van der Waals surface area contributed by atoms with Crippen LogP contribution in [0.25, 0.3) is 0 Å². The average Bonchev–Trinajstić information content (AvgIpc) is 2.62. The molecular weight excluding hydrogens is 370 g/mol. The molecule has 0 spiro atoms. The van der Waals surface area contributed by atoms with Crippen LogP contribution in [0.1, 0.15) is 13.8 Å². The van der Waals surface area contributed by atoms with Gasteiger partial charge < -0.3 is 20.3 Å². The maximum atomic E-state index is 12.6. The number of halogens is 1. The van der Waals surface area contributed by atoms with Crippen LogP contribution >= 0.6 is 11.6 Å². The summed E-state index contributed by atoms with van der Waals surface area (Å²) < 4.78 is 5.76. The van der Waals surface area contributed by atoms with Gasteiger partial charge in [-0.1, -0.05) is 23.7 Å². The first-order valence-electron chi connectivity index (χ1n) is 8.27. The van der Waals surface area contributed by atoms with Gasteiger partial charge in [0.25, 0.3) is 5.91 Å². The lowest BCUT2D eigenvalue weighted by molar-refractivity contribution is -0.123. The molecule has 1 aliphatic heterocycles. The van der Waals surface area contributed by atoms with Crippen molar-refractivity contribution in [3.05, 3.63) is 47.5 Å². The Balaban J connectivity index is 1.76. The van der Waals surface area contributed by atoms with Crippen molar-refractivity contribution >= 4 is 46.4 Å². The molecule has 0 aromatic heterocycles. The van der Waals surface area contributed by atoms with Crippen LogP contribution in [-0.2, 0) is 14.4 Å². The van der Waals surface area contributed by atoms with E-state index in [2.05, 4.69) is 10.6 Å². The molecule has 2 aromatic carbocycles. The molecular formula is C19H18ClN3O4. The summed E-state index contributed by atoms with van der Waals surface area (Å²) >= 11 is 6.12. The fourth-order valence-corrected chi connectivity index (χ4v) is 3.00. The Morgan fingerprint density at radius 1 is 1.11 bits per heavy atom. The van der Waals surface area contributed by atoms with E-state index in [1.165, 1.54) is 24.8 Å². The smallest absolute Gasteiger partial charge is 0.267 e. The molecule has 1 aliphatic rings. The second kappa shape index (κ2) is 7.67. The van der Waals surface area contributed by atoms with Gasteiger partial charge in [0.15, 0.2) is 6.10 Å². The Bertz CT molecular complexity index is 916. The Morgan fingerprint density at radius 2 is 1.85 bits per heavy atom. The molecule has 3 rings (SSSR count). The zero-order valence-electron chi connectivity index (χ0n) is 14.8. The summed E-state index contributed by atoms with van der Waals surface area (Å²) in [5.74, 6) is -0.351. The monoisotopic (exact) mass is 387 g/mol. The van der Waals surface area contributed by atoms with Gasteiger partial charge in [-0.05, 0) is 30.3 Å². The molecule has 0 aliphatic carbocycles. The number of anilines is 3. The SMILES string of the molecule is CC(=O)Nc1ccc(NC(=O)[C@@H]2CN(C(C)=O)c3ccccc3O2)cc1Cl. The van der Waals surface area contributed by atoms with Gasteiger partial charge in [0.2, 0.25) is 11.8 Å². The fourth-order valence-electron chi connectivity index (χ4n) is 2.78. The lowest BCUT2D eigenvalue weighted by Gasteiger charge is -2.33. The minimum Gasteiger partial charge on any atom is -0.476 e. The van der Waals surface area contributed by atoms with Gasteiger partial charge in [0.05, 0.1) is 22.9 Å². The third-order valence-corrected chi connectivity index (χ3v) is 4.31. The number of amides is 3. The van der Waals surface area contributed by atoms with Crippen LogP contribution in [0.5, 0.6) is 5.75 Å². The largest absolute Gasteiger partial charge is 0.476 e. The van der Waals surface area contributed by atoms with E-state index < -0.39 is 12.0 Å². The quantitative estimate of drug-likeness (QED) is 0.847. The van der Waals surface area contributed by atoms with Gasteiger partial charge in [-0.3, -0.25) is 14.4 Å². The lowest BCUT2D eigenvalue weighted by Crippen LogP contribution is -2.48. The molecule has 27 heavy (non-hydrogen) atoms. The van der Waals surface area contributed by atoms with Gasteiger partial charge in [-0.25, -0.2) is 0 Å². The molecule has 0 unspecified atom stereocenters. The number of benzene rings is 2. The van der Waals surface area contributed by atoms with Crippen molar-refractivity contribution in [1.82, 2.24) is 0 Å². The number of nitrogens with zero attached hydrogens (tertiary/aromatic N) is 1. The fraction of sp³-hybridized carbons (Fsp3) is 0.211. The summed E-state index contributed by atoms with van der Waals surface area (Å²) in [5, 5.41) is 5.61. The number of hydrogen-bond donors (Lipinski definition) is 2. The highest BCUT2D eigenvalue weighted by Gasteiger charge is 2.32. The molecule has 0 saturated heterocycles. The summed E-state index contributed by atoms with van der Waals surface area (Å²) in [6.07, 6.45) is -0.863. The molecule has 1 heterocycles. The first kappa shape index (κ1) is 18.7. The molecule has 2 N–H and O–H groups in total. The highest BCUT2D eigenvalue weighted by atomic mass is 35.5. The van der Waals surface area contributed by atoms with E-state index >= 15 is 0 Å². The van der Waals surface area contributed by atoms with Gasteiger partial charge >= 0.3 is 0 Å². The average molecular weight is 388 g/mol. The summed E-state index contributed by atoms with van der Waals surface area (Å²) in [6, 6.07) is 11.8. The minimum atomic E-state index is -0.863. The van der Waals surface area contributed by atoms with E-state index in [0.717, 1.165) is 0 Å². The van der Waals surface area contributed by atoms with Crippen LogP contribution in [0.4, 0.5) is 17.1 Å². The van der Waals surface area contributed by atoms with Crippen molar-refractivity contribution in [3.8, 4) is 5.75 Å². The normalized spacial score (nSPS) is 15.4. The number of para-hydroxylation sites is 2. The van der Waals surface area contributed by atoms with Crippen LogP contribution < -0.4 is 20.3 Å². The van der Waals surface area contributed by atoms with Crippen LogP contribution in [0.15, 0.2) is 42.5 Å². The van der Waals surface area contributed by atoms with E-state index in [1.54, 1.807) is 36.4 Å². The van der Waals surface area contributed by atoms with E-state index in [-0.39, 0.29) is 18.4 Å².